The lowest BCUT2D eigenvalue weighted by atomic mass is 9.85. The van der Waals surface area contributed by atoms with E-state index < -0.39 is 5.54 Å². The van der Waals surface area contributed by atoms with Crippen LogP contribution >= 0.6 is 0 Å². The van der Waals surface area contributed by atoms with Crippen LogP contribution in [-0.4, -0.2) is 47.4 Å². The van der Waals surface area contributed by atoms with Crippen LogP contribution in [0.4, 0.5) is 11.5 Å². The van der Waals surface area contributed by atoms with Gasteiger partial charge in [0.1, 0.15) is 17.1 Å². The smallest absolute Gasteiger partial charge is 0.253 e. The van der Waals surface area contributed by atoms with Crippen molar-refractivity contribution in [2.24, 2.45) is 4.99 Å². The Labute approximate surface area is 193 Å². The number of aliphatic imine (C=N–C) groups is 1. The number of amides is 1. The molecule has 168 valence electrons. The molecule has 5 rings (SSSR count). The first-order valence-electron chi connectivity index (χ1n) is 11.2. The van der Waals surface area contributed by atoms with Gasteiger partial charge in [-0.15, -0.1) is 0 Å². The number of pyridine rings is 1. The summed E-state index contributed by atoms with van der Waals surface area (Å²) >= 11 is 0. The van der Waals surface area contributed by atoms with Crippen LogP contribution in [0.2, 0.25) is 0 Å². The lowest BCUT2D eigenvalue weighted by Crippen LogP contribution is -2.62. The lowest BCUT2D eigenvalue weighted by Gasteiger charge is -2.47. The van der Waals surface area contributed by atoms with Crippen molar-refractivity contribution in [3.05, 3.63) is 84.1 Å². The van der Waals surface area contributed by atoms with Crippen LogP contribution in [0.1, 0.15) is 28.8 Å². The number of nitrogens with one attached hydrogen (secondary N) is 2. The molecule has 2 aliphatic rings. The molecule has 0 radical (unpaired) electrons. The van der Waals surface area contributed by atoms with E-state index >= 15 is 0 Å². The van der Waals surface area contributed by atoms with E-state index in [1.165, 1.54) is 0 Å². The van der Waals surface area contributed by atoms with Crippen molar-refractivity contribution in [2.75, 3.05) is 30.8 Å². The molecule has 1 amide bonds. The lowest BCUT2D eigenvalue weighted by molar-refractivity contribution is 0.0694. The van der Waals surface area contributed by atoms with Gasteiger partial charge in [-0.05, 0) is 54.8 Å². The molecule has 1 fully saturated rings. The summed E-state index contributed by atoms with van der Waals surface area (Å²) in [6.07, 6.45) is 3.51. The molecule has 0 saturated carbocycles. The number of rotatable bonds is 4. The summed E-state index contributed by atoms with van der Waals surface area (Å²) in [6.45, 7) is 1.79. The Morgan fingerprint density at radius 3 is 2.73 bits per heavy atom. The summed E-state index contributed by atoms with van der Waals surface area (Å²) in [5.74, 6) is 2.33. The van der Waals surface area contributed by atoms with Crippen molar-refractivity contribution in [2.45, 2.75) is 24.9 Å². The van der Waals surface area contributed by atoms with Crippen molar-refractivity contribution in [3.8, 4) is 5.75 Å². The highest BCUT2D eigenvalue weighted by Crippen LogP contribution is 2.35. The van der Waals surface area contributed by atoms with Gasteiger partial charge in [0.15, 0.2) is 5.82 Å². The molecule has 1 atom stereocenters. The Morgan fingerprint density at radius 1 is 1.12 bits per heavy atom. The van der Waals surface area contributed by atoms with Crippen LogP contribution < -0.4 is 15.4 Å². The summed E-state index contributed by atoms with van der Waals surface area (Å²) < 4.78 is 5.23. The second-order valence-electron chi connectivity index (χ2n) is 8.44. The van der Waals surface area contributed by atoms with Crippen LogP contribution in [0.5, 0.6) is 5.75 Å². The molecule has 0 bridgehead atoms. The minimum Gasteiger partial charge on any atom is -0.497 e. The van der Waals surface area contributed by atoms with Gasteiger partial charge < -0.3 is 20.3 Å². The minimum absolute atomic E-state index is 0.0120. The summed E-state index contributed by atoms with van der Waals surface area (Å²) in [6, 6.07) is 21.4. The zero-order valence-electron chi connectivity index (χ0n) is 18.6. The molecule has 2 N–H and O–H groups in total. The van der Waals surface area contributed by atoms with Crippen molar-refractivity contribution >= 4 is 23.2 Å². The average Bonchev–Trinajstić information content (AvgIpc) is 2.88. The van der Waals surface area contributed by atoms with E-state index in [1.54, 1.807) is 13.3 Å². The molecule has 1 aromatic heterocycles. The van der Waals surface area contributed by atoms with Crippen molar-refractivity contribution in [1.29, 1.82) is 0 Å². The maximum atomic E-state index is 13.3. The van der Waals surface area contributed by atoms with E-state index in [-0.39, 0.29) is 5.91 Å². The van der Waals surface area contributed by atoms with Crippen molar-refractivity contribution < 1.29 is 9.53 Å². The number of benzene rings is 2. The van der Waals surface area contributed by atoms with Crippen LogP contribution in [0.15, 0.2) is 77.9 Å². The second kappa shape index (κ2) is 8.94. The zero-order valence-corrected chi connectivity index (χ0v) is 18.6. The molecule has 33 heavy (non-hydrogen) atoms. The maximum absolute atomic E-state index is 13.3. The van der Waals surface area contributed by atoms with Gasteiger partial charge in [-0.2, -0.15) is 0 Å². The Balaban J connectivity index is 1.45. The first kappa shape index (κ1) is 21.0. The summed E-state index contributed by atoms with van der Waals surface area (Å²) in [5, 5.41) is 7.15. The number of likely N-dealkylation sites (tertiary alicyclic amines) is 1. The van der Waals surface area contributed by atoms with Gasteiger partial charge in [0.25, 0.3) is 5.91 Å². The molecule has 3 heterocycles. The number of fused-ring (bicyclic) bond motifs is 1. The number of piperidine rings is 1. The van der Waals surface area contributed by atoms with Gasteiger partial charge in [-0.3, -0.25) is 9.79 Å². The van der Waals surface area contributed by atoms with E-state index in [0.29, 0.717) is 25.2 Å². The SMILES string of the molecule is COc1ccc(C(=O)N2CCC[C@]3(C2)Nc2cccnc2NC3=NCc2ccccc2)cc1. The molecule has 7 nitrogen and oxygen atoms in total. The maximum Gasteiger partial charge on any atom is 0.253 e. The van der Waals surface area contributed by atoms with Gasteiger partial charge in [0, 0.05) is 18.3 Å². The summed E-state index contributed by atoms with van der Waals surface area (Å²) in [4.78, 5) is 24.7. The fraction of sp³-hybridized carbons (Fsp3) is 0.269. The number of methoxy groups -OCH3 is 1. The highest BCUT2D eigenvalue weighted by Gasteiger charge is 2.45. The first-order chi connectivity index (χ1) is 16.2. The number of nitrogens with zero attached hydrogens (tertiary/aromatic N) is 3. The Morgan fingerprint density at radius 2 is 1.94 bits per heavy atom. The first-order valence-corrected chi connectivity index (χ1v) is 11.2. The number of hydrogen-bond donors (Lipinski definition) is 2. The Hall–Kier alpha value is -3.87. The van der Waals surface area contributed by atoms with Crippen LogP contribution in [0, 0.1) is 0 Å². The zero-order chi connectivity index (χ0) is 22.7. The molecule has 0 unspecified atom stereocenters. The van der Waals surface area contributed by atoms with E-state index in [2.05, 4.69) is 27.8 Å². The molecule has 7 heteroatoms. The monoisotopic (exact) mass is 441 g/mol. The van der Waals surface area contributed by atoms with Gasteiger partial charge >= 0.3 is 0 Å². The predicted octanol–water partition coefficient (Wildman–Crippen LogP) is 4.20. The number of amidine groups is 1. The third-order valence-corrected chi connectivity index (χ3v) is 6.25. The topological polar surface area (TPSA) is 78.8 Å². The number of ether oxygens (including phenoxy) is 1. The quantitative estimate of drug-likeness (QED) is 0.634. The van der Waals surface area contributed by atoms with Crippen molar-refractivity contribution in [1.82, 2.24) is 9.88 Å². The number of hydrogen-bond acceptors (Lipinski definition) is 5. The van der Waals surface area contributed by atoms with Gasteiger partial charge in [-0.25, -0.2) is 4.98 Å². The number of carbonyl (C=O) groups excluding carboxylic acids is 1. The van der Waals surface area contributed by atoms with Crippen molar-refractivity contribution in [3.63, 3.8) is 0 Å². The van der Waals surface area contributed by atoms with E-state index in [0.717, 1.165) is 41.5 Å². The van der Waals surface area contributed by atoms with E-state index in [1.807, 2.05) is 59.5 Å². The van der Waals surface area contributed by atoms with E-state index in [4.69, 9.17) is 9.73 Å². The summed E-state index contributed by atoms with van der Waals surface area (Å²) in [5.41, 5.74) is 2.22. The van der Waals surface area contributed by atoms with Crippen LogP contribution in [-0.2, 0) is 6.54 Å². The standard InChI is InChI=1S/C26H27N5O2/c1-33-21-12-10-20(11-13-21)24(32)31-16-6-14-26(18-31)25(28-17-19-7-3-2-4-8-19)29-23-22(30-26)9-5-15-27-23/h2-5,7-13,15,30H,6,14,16-18H2,1H3,(H,27,28,29)/t26-/m1/s1. The molecule has 0 aliphatic carbocycles. The number of anilines is 2. The summed E-state index contributed by atoms with van der Waals surface area (Å²) in [7, 11) is 1.62. The fourth-order valence-corrected chi connectivity index (χ4v) is 4.54. The average molecular weight is 442 g/mol. The van der Waals surface area contributed by atoms with E-state index in [9.17, 15) is 4.79 Å². The molecule has 3 aromatic rings. The fourth-order valence-electron chi connectivity index (χ4n) is 4.54. The third-order valence-electron chi connectivity index (χ3n) is 6.25. The number of aromatic nitrogens is 1. The Bertz CT molecular complexity index is 1160. The van der Waals surface area contributed by atoms with Gasteiger partial charge in [-0.1, -0.05) is 30.3 Å². The molecular weight excluding hydrogens is 414 g/mol. The van der Waals surface area contributed by atoms with Gasteiger partial charge in [0.2, 0.25) is 0 Å². The minimum atomic E-state index is -0.495. The highest BCUT2D eigenvalue weighted by molar-refractivity contribution is 6.09. The largest absolute Gasteiger partial charge is 0.497 e. The molecular formula is C26H27N5O2. The van der Waals surface area contributed by atoms with Crippen LogP contribution in [0.3, 0.4) is 0 Å². The molecule has 1 spiro atoms. The molecule has 1 saturated heterocycles. The molecule has 2 aromatic carbocycles. The Kier molecular flexibility index (Phi) is 5.69. The third kappa shape index (κ3) is 4.26. The second-order valence-corrected chi connectivity index (χ2v) is 8.44. The molecule has 2 aliphatic heterocycles. The van der Waals surface area contributed by atoms with Crippen LogP contribution in [0.25, 0.3) is 0 Å². The normalized spacial score (nSPS) is 20.6. The highest BCUT2D eigenvalue weighted by atomic mass is 16.5. The predicted molar refractivity (Wildman–Crippen MR) is 130 cm³/mol. The van der Waals surface area contributed by atoms with Gasteiger partial charge in [0.05, 0.1) is 25.9 Å². The number of carbonyl (C=O) groups is 1.